The van der Waals surface area contributed by atoms with Gasteiger partial charge < -0.3 is 0 Å². The van der Waals surface area contributed by atoms with Crippen molar-refractivity contribution < 1.29 is 4.79 Å². The van der Waals surface area contributed by atoms with Crippen LogP contribution in [0.4, 0.5) is 5.13 Å². The SMILES string of the molecule is CC(C)(C)c1ccc(C(=O)Nc2nc(CC34CC5CC(CC(C5)C3)C4)cs2)cc1. The Hall–Kier alpha value is -1.68. The maximum Gasteiger partial charge on any atom is 0.257 e. The fourth-order valence-electron chi connectivity index (χ4n) is 6.63. The highest BCUT2D eigenvalue weighted by Crippen LogP contribution is 2.61. The standard InChI is InChI=1S/C25H32N2OS/c1-24(2,3)20-6-4-19(5-7-20)22(28)27-23-26-21(15-29-23)14-25-11-16-8-17(12-25)10-18(9-16)13-25/h4-7,15-18H,8-14H2,1-3H3,(H,26,27,28). The predicted molar refractivity (Wildman–Crippen MR) is 120 cm³/mol. The van der Waals surface area contributed by atoms with Crippen LogP contribution < -0.4 is 5.32 Å². The van der Waals surface area contributed by atoms with E-state index in [9.17, 15) is 4.79 Å². The van der Waals surface area contributed by atoms with Gasteiger partial charge in [-0.05, 0) is 91.2 Å². The van der Waals surface area contributed by atoms with Gasteiger partial charge in [0.1, 0.15) is 0 Å². The van der Waals surface area contributed by atoms with Crippen LogP contribution >= 0.6 is 11.3 Å². The molecule has 1 aromatic carbocycles. The monoisotopic (exact) mass is 408 g/mol. The number of carbonyl (C=O) groups is 1. The van der Waals surface area contributed by atoms with Crippen molar-refractivity contribution >= 4 is 22.4 Å². The minimum absolute atomic E-state index is 0.0684. The highest BCUT2D eigenvalue weighted by molar-refractivity contribution is 7.14. The Morgan fingerprint density at radius 2 is 1.66 bits per heavy atom. The van der Waals surface area contributed by atoms with Crippen molar-refractivity contribution in [2.75, 3.05) is 5.32 Å². The lowest BCUT2D eigenvalue weighted by atomic mass is 9.48. The number of benzene rings is 1. The van der Waals surface area contributed by atoms with Crippen LogP contribution in [-0.4, -0.2) is 10.9 Å². The number of thiazole rings is 1. The van der Waals surface area contributed by atoms with E-state index in [0.717, 1.165) is 29.3 Å². The lowest BCUT2D eigenvalue weighted by Gasteiger charge is -2.56. The summed E-state index contributed by atoms with van der Waals surface area (Å²) in [5.41, 5.74) is 3.69. The zero-order valence-corrected chi connectivity index (χ0v) is 18.6. The molecule has 0 saturated heterocycles. The number of carbonyl (C=O) groups excluding carboxylic acids is 1. The molecule has 4 fully saturated rings. The zero-order valence-electron chi connectivity index (χ0n) is 17.8. The van der Waals surface area contributed by atoms with Crippen LogP contribution in [0.25, 0.3) is 0 Å². The predicted octanol–water partition coefficient (Wildman–Crippen LogP) is 6.45. The maximum atomic E-state index is 12.6. The molecular formula is C25H32N2OS. The molecule has 1 aromatic heterocycles. The Morgan fingerprint density at radius 1 is 1.07 bits per heavy atom. The minimum atomic E-state index is -0.0684. The van der Waals surface area contributed by atoms with Crippen LogP contribution in [0.2, 0.25) is 0 Å². The second-order valence-corrected chi connectivity index (χ2v) is 11.9. The van der Waals surface area contributed by atoms with Gasteiger partial charge in [-0.3, -0.25) is 10.1 Å². The normalized spacial score (nSPS) is 30.5. The number of hydrogen-bond acceptors (Lipinski definition) is 3. The summed E-state index contributed by atoms with van der Waals surface area (Å²) in [6, 6.07) is 7.93. The third-order valence-corrected chi connectivity index (χ3v) is 8.31. The molecule has 4 aliphatic rings. The van der Waals surface area contributed by atoms with Gasteiger partial charge in [-0.15, -0.1) is 11.3 Å². The fraction of sp³-hybridized carbons (Fsp3) is 0.600. The van der Waals surface area contributed by atoms with Gasteiger partial charge in [0.25, 0.3) is 5.91 Å². The Kier molecular flexibility index (Phi) is 4.62. The number of anilines is 1. The zero-order chi connectivity index (χ0) is 20.2. The summed E-state index contributed by atoms with van der Waals surface area (Å²) in [6.07, 6.45) is 9.74. The Morgan fingerprint density at radius 3 is 2.21 bits per heavy atom. The molecule has 1 heterocycles. The number of nitrogens with zero attached hydrogens (tertiary/aromatic N) is 1. The summed E-state index contributed by atoms with van der Waals surface area (Å²) in [6.45, 7) is 6.55. The van der Waals surface area contributed by atoms with Gasteiger partial charge in [0.2, 0.25) is 0 Å². The molecular weight excluding hydrogens is 376 g/mol. The van der Waals surface area contributed by atoms with Gasteiger partial charge in [-0.1, -0.05) is 32.9 Å². The molecule has 29 heavy (non-hydrogen) atoms. The van der Waals surface area contributed by atoms with E-state index in [0.29, 0.717) is 11.0 Å². The number of aromatic nitrogens is 1. The molecule has 4 heteroatoms. The van der Waals surface area contributed by atoms with Crippen LogP contribution in [0.3, 0.4) is 0 Å². The largest absolute Gasteiger partial charge is 0.298 e. The Bertz CT molecular complexity index is 870. The number of amides is 1. The molecule has 4 saturated carbocycles. The first-order chi connectivity index (χ1) is 13.8. The molecule has 4 bridgehead atoms. The van der Waals surface area contributed by atoms with Crippen LogP contribution in [0.5, 0.6) is 0 Å². The summed E-state index contributed by atoms with van der Waals surface area (Å²) in [5, 5.41) is 5.91. The molecule has 0 unspecified atom stereocenters. The molecule has 0 aliphatic heterocycles. The second-order valence-electron chi connectivity index (χ2n) is 11.0. The molecule has 1 amide bonds. The van der Waals surface area contributed by atoms with Crippen molar-refractivity contribution in [3.8, 4) is 0 Å². The second kappa shape index (κ2) is 6.94. The molecule has 4 aliphatic carbocycles. The number of nitrogens with one attached hydrogen (secondary N) is 1. The van der Waals surface area contributed by atoms with Gasteiger partial charge in [0.15, 0.2) is 5.13 Å². The lowest BCUT2D eigenvalue weighted by Crippen LogP contribution is -2.47. The van der Waals surface area contributed by atoms with E-state index < -0.39 is 0 Å². The quantitative estimate of drug-likeness (QED) is 0.631. The maximum absolute atomic E-state index is 12.6. The van der Waals surface area contributed by atoms with Crippen molar-refractivity contribution in [3.63, 3.8) is 0 Å². The first-order valence-corrected chi connectivity index (χ1v) is 12.0. The summed E-state index contributed by atoms with van der Waals surface area (Å²) in [5.74, 6) is 2.83. The van der Waals surface area contributed by atoms with Crippen molar-refractivity contribution in [2.45, 2.75) is 71.1 Å². The molecule has 2 aromatic rings. The van der Waals surface area contributed by atoms with E-state index in [1.807, 2.05) is 12.1 Å². The van der Waals surface area contributed by atoms with Gasteiger partial charge in [-0.25, -0.2) is 4.98 Å². The van der Waals surface area contributed by atoms with Crippen molar-refractivity contribution in [1.82, 2.24) is 4.98 Å². The molecule has 0 atom stereocenters. The van der Waals surface area contributed by atoms with Crippen LogP contribution in [0.1, 0.15) is 80.9 Å². The summed E-state index contributed by atoms with van der Waals surface area (Å²) in [4.78, 5) is 17.4. The van der Waals surface area contributed by atoms with Gasteiger partial charge in [0, 0.05) is 10.9 Å². The summed E-state index contributed by atoms with van der Waals surface area (Å²) >= 11 is 1.57. The topological polar surface area (TPSA) is 42.0 Å². The summed E-state index contributed by atoms with van der Waals surface area (Å²) in [7, 11) is 0. The van der Waals surface area contributed by atoms with Crippen LogP contribution in [0.15, 0.2) is 29.6 Å². The lowest BCUT2D eigenvalue weighted by molar-refractivity contribution is -0.0525. The van der Waals surface area contributed by atoms with Gasteiger partial charge in [-0.2, -0.15) is 0 Å². The van der Waals surface area contributed by atoms with Crippen LogP contribution in [0, 0.1) is 23.2 Å². The first kappa shape index (κ1) is 19.3. The molecule has 154 valence electrons. The van der Waals surface area contributed by atoms with E-state index in [-0.39, 0.29) is 11.3 Å². The minimum Gasteiger partial charge on any atom is -0.298 e. The summed E-state index contributed by atoms with van der Waals surface area (Å²) < 4.78 is 0. The van der Waals surface area contributed by atoms with Crippen LogP contribution in [-0.2, 0) is 11.8 Å². The highest BCUT2D eigenvalue weighted by atomic mass is 32.1. The average molecular weight is 409 g/mol. The fourth-order valence-corrected chi connectivity index (χ4v) is 7.33. The Labute approximate surface area is 178 Å². The van der Waals surface area contributed by atoms with Gasteiger partial charge >= 0.3 is 0 Å². The Balaban J connectivity index is 1.24. The molecule has 6 rings (SSSR count). The van der Waals surface area contributed by atoms with E-state index >= 15 is 0 Å². The molecule has 0 spiro atoms. The van der Waals surface area contributed by atoms with E-state index in [1.54, 1.807) is 11.3 Å². The third-order valence-electron chi connectivity index (χ3n) is 7.51. The van der Waals surface area contributed by atoms with E-state index in [1.165, 1.54) is 49.8 Å². The first-order valence-electron chi connectivity index (χ1n) is 11.1. The number of hydrogen-bond donors (Lipinski definition) is 1. The smallest absolute Gasteiger partial charge is 0.257 e. The molecule has 3 nitrogen and oxygen atoms in total. The molecule has 0 radical (unpaired) electrons. The van der Waals surface area contributed by atoms with E-state index in [2.05, 4.69) is 43.6 Å². The molecule has 1 N–H and O–H groups in total. The van der Waals surface area contributed by atoms with Crippen molar-refractivity contribution in [1.29, 1.82) is 0 Å². The number of rotatable bonds is 4. The van der Waals surface area contributed by atoms with Crippen molar-refractivity contribution in [2.24, 2.45) is 23.2 Å². The van der Waals surface area contributed by atoms with E-state index in [4.69, 9.17) is 4.98 Å². The third kappa shape index (κ3) is 3.88. The van der Waals surface area contributed by atoms with Gasteiger partial charge in [0.05, 0.1) is 5.69 Å². The van der Waals surface area contributed by atoms with Crippen molar-refractivity contribution in [3.05, 3.63) is 46.5 Å². The average Bonchev–Trinajstić information content (AvgIpc) is 3.06. The highest BCUT2D eigenvalue weighted by Gasteiger charge is 2.50.